The number of aryl methyl sites for hydroxylation is 1. The van der Waals surface area contributed by atoms with Gasteiger partial charge in [-0.15, -0.1) is 0 Å². The zero-order chi connectivity index (χ0) is 19.0. The summed E-state index contributed by atoms with van der Waals surface area (Å²) in [6, 6.07) is 11.0. The van der Waals surface area contributed by atoms with Gasteiger partial charge in [0.25, 0.3) is 11.5 Å². The molecule has 1 aliphatic rings. The van der Waals surface area contributed by atoms with E-state index in [1.807, 2.05) is 42.5 Å². The van der Waals surface area contributed by atoms with Crippen molar-refractivity contribution in [1.29, 1.82) is 0 Å². The SMILES string of the molecule is CC1Cn2c(nc3cc(C=Cc4ccccn4)ccc3c2=O)CCC1(F)F. The number of halogens is 2. The predicted octanol–water partition coefficient (Wildman–Crippen LogP) is 4.18. The number of hydrogen-bond donors (Lipinski definition) is 0. The Morgan fingerprint density at radius 1 is 1.22 bits per heavy atom. The lowest BCUT2D eigenvalue weighted by Gasteiger charge is -2.20. The maximum Gasteiger partial charge on any atom is 0.261 e. The van der Waals surface area contributed by atoms with Gasteiger partial charge in [0, 0.05) is 31.5 Å². The molecule has 0 saturated heterocycles. The van der Waals surface area contributed by atoms with Crippen LogP contribution in [-0.4, -0.2) is 20.5 Å². The van der Waals surface area contributed by atoms with Crippen molar-refractivity contribution in [3.63, 3.8) is 0 Å². The number of nitrogens with zero attached hydrogens (tertiary/aromatic N) is 3. The summed E-state index contributed by atoms with van der Waals surface area (Å²) < 4.78 is 29.6. The Morgan fingerprint density at radius 2 is 2.07 bits per heavy atom. The van der Waals surface area contributed by atoms with E-state index in [0.717, 1.165) is 11.3 Å². The number of hydrogen-bond acceptors (Lipinski definition) is 3. The summed E-state index contributed by atoms with van der Waals surface area (Å²) in [4.78, 5) is 21.6. The minimum absolute atomic E-state index is 0.00849. The van der Waals surface area contributed by atoms with E-state index in [1.165, 1.54) is 11.5 Å². The second kappa shape index (κ2) is 6.68. The fourth-order valence-electron chi connectivity index (χ4n) is 3.36. The quantitative estimate of drug-likeness (QED) is 0.683. The summed E-state index contributed by atoms with van der Waals surface area (Å²) in [5.41, 5.74) is 1.98. The highest BCUT2D eigenvalue weighted by Crippen LogP contribution is 2.33. The van der Waals surface area contributed by atoms with Crippen molar-refractivity contribution in [3.8, 4) is 0 Å². The molecule has 0 fully saturated rings. The van der Waals surface area contributed by atoms with Crippen molar-refractivity contribution in [3.05, 3.63) is 70.0 Å². The van der Waals surface area contributed by atoms with Crippen molar-refractivity contribution in [2.24, 2.45) is 5.92 Å². The van der Waals surface area contributed by atoms with Crippen LogP contribution in [0.3, 0.4) is 0 Å². The molecule has 27 heavy (non-hydrogen) atoms. The summed E-state index contributed by atoms with van der Waals surface area (Å²) in [6.07, 6.45) is 5.29. The van der Waals surface area contributed by atoms with Crippen LogP contribution in [-0.2, 0) is 13.0 Å². The largest absolute Gasteiger partial charge is 0.296 e. The van der Waals surface area contributed by atoms with E-state index in [4.69, 9.17) is 0 Å². The number of benzene rings is 1. The second-order valence-corrected chi connectivity index (χ2v) is 6.97. The average Bonchev–Trinajstić information content (AvgIpc) is 2.78. The molecule has 2 aromatic heterocycles. The van der Waals surface area contributed by atoms with Crippen molar-refractivity contribution in [1.82, 2.24) is 14.5 Å². The molecule has 0 amide bonds. The highest BCUT2D eigenvalue weighted by atomic mass is 19.3. The van der Waals surface area contributed by atoms with E-state index >= 15 is 0 Å². The Hall–Kier alpha value is -2.89. The normalized spacial score (nSPS) is 19.1. The Balaban J connectivity index is 1.75. The third-order valence-electron chi connectivity index (χ3n) is 5.05. The van der Waals surface area contributed by atoms with Crippen LogP contribution < -0.4 is 5.56 Å². The van der Waals surface area contributed by atoms with Crippen LogP contribution in [0.2, 0.25) is 0 Å². The van der Waals surface area contributed by atoms with Crippen LogP contribution in [0.15, 0.2) is 47.4 Å². The molecule has 4 rings (SSSR count). The summed E-state index contributed by atoms with van der Waals surface area (Å²) in [6.45, 7) is 1.47. The Bertz CT molecular complexity index is 1070. The molecule has 1 atom stereocenters. The van der Waals surface area contributed by atoms with Crippen molar-refractivity contribution < 1.29 is 8.78 Å². The third-order valence-corrected chi connectivity index (χ3v) is 5.05. The number of pyridine rings is 1. The smallest absolute Gasteiger partial charge is 0.261 e. The molecule has 1 unspecified atom stereocenters. The molecule has 0 radical (unpaired) electrons. The Labute approximate surface area is 155 Å². The molecule has 3 aromatic rings. The first-order valence-corrected chi connectivity index (χ1v) is 8.94. The molecule has 138 valence electrons. The monoisotopic (exact) mass is 367 g/mol. The zero-order valence-electron chi connectivity index (χ0n) is 14.9. The van der Waals surface area contributed by atoms with Crippen LogP contribution in [0.25, 0.3) is 23.1 Å². The van der Waals surface area contributed by atoms with E-state index in [2.05, 4.69) is 9.97 Å². The fraction of sp³-hybridized carbons (Fsp3) is 0.286. The Kier molecular flexibility index (Phi) is 4.34. The summed E-state index contributed by atoms with van der Waals surface area (Å²) in [5, 5.41) is 0.450. The number of alkyl halides is 2. The molecule has 0 spiro atoms. The van der Waals surface area contributed by atoms with Gasteiger partial charge in [-0.25, -0.2) is 13.8 Å². The van der Waals surface area contributed by atoms with Crippen LogP contribution in [0.4, 0.5) is 8.78 Å². The molecule has 4 nitrogen and oxygen atoms in total. The van der Waals surface area contributed by atoms with E-state index in [1.54, 1.807) is 12.3 Å². The van der Waals surface area contributed by atoms with E-state index in [0.29, 0.717) is 16.7 Å². The molecule has 0 aliphatic carbocycles. The van der Waals surface area contributed by atoms with Crippen LogP contribution in [0, 0.1) is 5.92 Å². The first kappa shape index (κ1) is 17.5. The van der Waals surface area contributed by atoms with Crippen molar-refractivity contribution >= 4 is 23.1 Å². The number of aromatic nitrogens is 3. The summed E-state index contributed by atoms with van der Waals surface area (Å²) in [7, 11) is 0. The van der Waals surface area contributed by atoms with Crippen LogP contribution in [0.1, 0.15) is 30.4 Å². The van der Waals surface area contributed by atoms with Gasteiger partial charge in [0.2, 0.25) is 0 Å². The highest BCUT2D eigenvalue weighted by molar-refractivity contribution is 5.82. The fourth-order valence-corrected chi connectivity index (χ4v) is 3.36. The van der Waals surface area contributed by atoms with E-state index < -0.39 is 11.8 Å². The molecule has 0 bridgehead atoms. The van der Waals surface area contributed by atoms with Gasteiger partial charge in [-0.2, -0.15) is 0 Å². The second-order valence-electron chi connectivity index (χ2n) is 6.97. The molecular formula is C21H19F2N3O. The number of fused-ring (bicyclic) bond motifs is 2. The van der Waals surface area contributed by atoms with Gasteiger partial charge in [-0.1, -0.05) is 25.1 Å². The molecule has 1 aromatic carbocycles. The molecule has 0 N–H and O–H groups in total. The topological polar surface area (TPSA) is 47.8 Å². The van der Waals surface area contributed by atoms with E-state index in [9.17, 15) is 13.6 Å². The maximum absolute atomic E-state index is 14.1. The van der Waals surface area contributed by atoms with Gasteiger partial charge in [0.1, 0.15) is 5.82 Å². The molecule has 6 heteroatoms. The van der Waals surface area contributed by atoms with Crippen molar-refractivity contribution in [2.75, 3.05) is 0 Å². The van der Waals surface area contributed by atoms with Gasteiger partial charge >= 0.3 is 0 Å². The van der Waals surface area contributed by atoms with Gasteiger partial charge in [-0.05, 0) is 35.9 Å². The van der Waals surface area contributed by atoms with Gasteiger partial charge < -0.3 is 0 Å². The molecule has 3 heterocycles. The van der Waals surface area contributed by atoms with Gasteiger partial charge in [0.05, 0.1) is 16.6 Å². The van der Waals surface area contributed by atoms with Crippen LogP contribution >= 0.6 is 0 Å². The maximum atomic E-state index is 14.1. The van der Waals surface area contributed by atoms with E-state index in [-0.39, 0.29) is 24.9 Å². The summed E-state index contributed by atoms with van der Waals surface area (Å²) in [5.74, 6) is -3.25. The van der Waals surface area contributed by atoms with Crippen molar-refractivity contribution in [2.45, 2.75) is 32.2 Å². The predicted molar refractivity (Wildman–Crippen MR) is 102 cm³/mol. The molecular weight excluding hydrogens is 348 g/mol. The first-order chi connectivity index (χ1) is 12.9. The first-order valence-electron chi connectivity index (χ1n) is 8.94. The lowest BCUT2D eigenvalue weighted by atomic mass is 10.0. The zero-order valence-corrected chi connectivity index (χ0v) is 14.9. The molecule has 0 saturated carbocycles. The summed E-state index contributed by atoms with van der Waals surface area (Å²) >= 11 is 0. The average molecular weight is 367 g/mol. The lowest BCUT2D eigenvalue weighted by molar-refractivity contribution is -0.0593. The lowest BCUT2D eigenvalue weighted by Crippen LogP contribution is -2.31. The van der Waals surface area contributed by atoms with Gasteiger partial charge in [0.15, 0.2) is 0 Å². The highest BCUT2D eigenvalue weighted by Gasteiger charge is 2.39. The minimum atomic E-state index is -2.79. The van der Waals surface area contributed by atoms with Gasteiger partial charge in [-0.3, -0.25) is 14.3 Å². The number of rotatable bonds is 2. The standard InChI is InChI=1S/C21H19F2N3O/c1-14-13-26-19(9-10-21(14,22)23)25-18-12-15(6-8-17(18)20(26)27)5-7-16-4-2-3-11-24-16/h2-8,11-12,14H,9-10,13H2,1H3. The minimum Gasteiger partial charge on any atom is -0.296 e. The van der Waals surface area contributed by atoms with Crippen LogP contribution in [0.5, 0.6) is 0 Å². The Morgan fingerprint density at radius 3 is 2.85 bits per heavy atom. The third kappa shape index (κ3) is 3.39. The molecule has 1 aliphatic heterocycles.